The fourth-order valence-electron chi connectivity index (χ4n) is 0.782. The summed E-state index contributed by atoms with van der Waals surface area (Å²) < 4.78 is 3.06. The Kier molecular flexibility index (Phi) is 0.842. The van der Waals surface area contributed by atoms with Crippen molar-refractivity contribution in [3.05, 3.63) is 12.3 Å². The first-order valence-electron chi connectivity index (χ1n) is 2.61. The number of rotatable bonds is 0. The zero-order chi connectivity index (χ0) is 5.40. The van der Waals surface area contributed by atoms with Crippen LogP contribution >= 0.6 is 11.9 Å². The lowest BCUT2D eigenvalue weighted by atomic mass is 10.2. The Morgan fingerprint density at radius 2 is 2.88 bits per heavy atom. The molecule has 2 aliphatic heterocycles. The summed E-state index contributed by atoms with van der Waals surface area (Å²) in [6, 6.07) is 0. The van der Waals surface area contributed by atoms with E-state index in [9.17, 15) is 0 Å². The number of nitrogens with zero attached hydrogens (tertiary/aromatic N) is 1. The first-order chi connectivity index (χ1) is 3.97. The third-order valence-corrected chi connectivity index (χ3v) is 2.31. The Hall–Kier alpha value is -0.440. The highest BCUT2D eigenvalue weighted by Gasteiger charge is 2.26. The minimum Gasteiger partial charge on any atom is -0.316 e. The van der Waals surface area contributed by atoms with Gasteiger partial charge in [-0.3, -0.25) is 0 Å². The molecule has 3 heteroatoms. The van der Waals surface area contributed by atoms with Crippen LogP contribution in [0.15, 0.2) is 17.3 Å². The van der Waals surface area contributed by atoms with Crippen molar-refractivity contribution in [2.45, 2.75) is 11.7 Å². The van der Waals surface area contributed by atoms with Crippen molar-refractivity contribution >= 4 is 17.8 Å². The van der Waals surface area contributed by atoms with Crippen LogP contribution in [0.1, 0.15) is 6.42 Å². The Morgan fingerprint density at radius 3 is 3.25 bits per heavy atom. The molecular weight excluding hydrogens is 120 g/mol. The van der Waals surface area contributed by atoms with Crippen molar-refractivity contribution in [3.8, 4) is 0 Å². The van der Waals surface area contributed by atoms with E-state index in [1.165, 1.54) is 0 Å². The van der Waals surface area contributed by atoms with E-state index in [1.54, 1.807) is 11.9 Å². The van der Waals surface area contributed by atoms with Gasteiger partial charge in [0.2, 0.25) is 0 Å². The van der Waals surface area contributed by atoms with Gasteiger partial charge in [0.25, 0.3) is 0 Å². The number of aliphatic imine (C=N–C) groups is 1. The highest BCUT2D eigenvalue weighted by molar-refractivity contribution is 8.01. The number of allylic oxidation sites excluding steroid dienone is 1. The molecule has 0 spiro atoms. The van der Waals surface area contributed by atoms with E-state index in [4.69, 9.17) is 0 Å². The SMILES string of the molecule is C1=CN=C2NSC2C1. The normalized spacial score (nSPS) is 32.0. The van der Waals surface area contributed by atoms with Gasteiger partial charge in [-0.15, -0.1) is 0 Å². The zero-order valence-electron chi connectivity index (χ0n) is 4.29. The summed E-state index contributed by atoms with van der Waals surface area (Å²) in [5, 5.41) is 0.653. The average Bonchev–Trinajstić information content (AvgIpc) is 1.72. The molecule has 1 atom stereocenters. The standard InChI is InChI=1S/C5H6N2S/c1-2-4-5(6-3-1)7-8-4/h1,3-4H,2H2,(H,6,7). The van der Waals surface area contributed by atoms with Gasteiger partial charge in [-0.2, -0.15) is 0 Å². The lowest BCUT2D eigenvalue weighted by Crippen LogP contribution is -2.41. The topological polar surface area (TPSA) is 24.4 Å². The Balaban J connectivity index is 2.23. The van der Waals surface area contributed by atoms with Crippen LogP contribution in [0.5, 0.6) is 0 Å². The van der Waals surface area contributed by atoms with Crippen LogP contribution in [-0.4, -0.2) is 11.1 Å². The molecule has 0 radical (unpaired) electrons. The van der Waals surface area contributed by atoms with Crippen molar-refractivity contribution in [2.75, 3.05) is 0 Å². The lowest BCUT2D eigenvalue weighted by Gasteiger charge is -2.29. The van der Waals surface area contributed by atoms with Crippen molar-refractivity contribution in [3.63, 3.8) is 0 Å². The molecule has 1 saturated heterocycles. The molecule has 0 aromatic heterocycles. The monoisotopic (exact) mass is 126 g/mol. The minimum absolute atomic E-state index is 0.653. The van der Waals surface area contributed by atoms with Crippen LogP contribution in [0.2, 0.25) is 0 Å². The minimum atomic E-state index is 0.653. The number of hydrogen-bond donors (Lipinski definition) is 1. The summed E-state index contributed by atoms with van der Waals surface area (Å²) in [4.78, 5) is 4.10. The molecule has 2 rings (SSSR count). The van der Waals surface area contributed by atoms with Gasteiger partial charge in [0.15, 0.2) is 0 Å². The molecular formula is C5H6N2S. The lowest BCUT2D eigenvalue weighted by molar-refractivity contribution is 1.00. The Labute approximate surface area is 52.2 Å². The molecule has 0 aromatic rings. The maximum Gasteiger partial charge on any atom is 0.127 e. The summed E-state index contributed by atoms with van der Waals surface area (Å²) in [5.74, 6) is 1.15. The Bertz CT molecular complexity index is 162. The zero-order valence-corrected chi connectivity index (χ0v) is 5.11. The molecule has 0 bridgehead atoms. The fraction of sp³-hybridized carbons (Fsp3) is 0.400. The maximum atomic E-state index is 4.10. The molecule has 1 unspecified atom stereocenters. The van der Waals surface area contributed by atoms with Crippen LogP contribution < -0.4 is 4.72 Å². The molecule has 2 aliphatic rings. The highest BCUT2D eigenvalue weighted by atomic mass is 32.2. The molecule has 0 aromatic carbocycles. The highest BCUT2D eigenvalue weighted by Crippen LogP contribution is 2.25. The van der Waals surface area contributed by atoms with Crippen LogP contribution in [0.3, 0.4) is 0 Å². The maximum absolute atomic E-state index is 4.10. The van der Waals surface area contributed by atoms with Gasteiger partial charge in [0.1, 0.15) is 5.84 Å². The number of amidine groups is 1. The molecule has 8 heavy (non-hydrogen) atoms. The van der Waals surface area contributed by atoms with Crippen molar-refractivity contribution in [1.82, 2.24) is 4.72 Å². The smallest absolute Gasteiger partial charge is 0.127 e. The van der Waals surface area contributed by atoms with Crippen LogP contribution in [0.25, 0.3) is 0 Å². The first-order valence-corrected chi connectivity index (χ1v) is 3.49. The van der Waals surface area contributed by atoms with Gasteiger partial charge in [-0.1, -0.05) is 6.08 Å². The Morgan fingerprint density at radius 1 is 1.88 bits per heavy atom. The van der Waals surface area contributed by atoms with Crippen molar-refractivity contribution in [2.24, 2.45) is 4.99 Å². The second-order valence-electron chi connectivity index (χ2n) is 1.84. The van der Waals surface area contributed by atoms with E-state index >= 15 is 0 Å². The van der Waals surface area contributed by atoms with Gasteiger partial charge < -0.3 is 4.72 Å². The summed E-state index contributed by atoms with van der Waals surface area (Å²) in [6.45, 7) is 0. The average molecular weight is 126 g/mol. The van der Waals surface area contributed by atoms with Gasteiger partial charge in [-0.05, 0) is 18.4 Å². The van der Waals surface area contributed by atoms with Crippen LogP contribution in [-0.2, 0) is 0 Å². The second-order valence-corrected chi connectivity index (χ2v) is 2.85. The fourth-order valence-corrected chi connectivity index (χ4v) is 1.49. The van der Waals surface area contributed by atoms with E-state index < -0.39 is 0 Å². The van der Waals surface area contributed by atoms with E-state index in [2.05, 4.69) is 15.8 Å². The predicted octanol–water partition coefficient (Wildman–Crippen LogP) is 0.922. The number of fused-ring (bicyclic) bond motifs is 1. The van der Waals surface area contributed by atoms with E-state index in [1.807, 2.05) is 6.20 Å². The molecule has 0 saturated carbocycles. The summed E-state index contributed by atoms with van der Waals surface area (Å²) in [7, 11) is 0. The van der Waals surface area contributed by atoms with Crippen LogP contribution in [0.4, 0.5) is 0 Å². The molecule has 1 fully saturated rings. The van der Waals surface area contributed by atoms with Gasteiger partial charge in [0.05, 0.1) is 5.25 Å². The summed E-state index contributed by atoms with van der Waals surface area (Å²) in [6.07, 6.45) is 5.11. The molecule has 0 amide bonds. The van der Waals surface area contributed by atoms with E-state index in [0.29, 0.717) is 5.25 Å². The quantitative estimate of drug-likeness (QED) is 0.488. The molecule has 2 nitrogen and oxygen atoms in total. The summed E-state index contributed by atoms with van der Waals surface area (Å²) >= 11 is 1.76. The van der Waals surface area contributed by atoms with Crippen LogP contribution in [0, 0.1) is 0 Å². The van der Waals surface area contributed by atoms with E-state index in [0.717, 1.165) is 12.3 Å². The predicted molar refractivity (Wildman–Crippen MR) is 35.7 cm³/mol. The number of hydrogen-bond acceptors (Lipinski definition) is 3. The molecule has 1 N–H and O–H groups in total. The van der Waals surface area contributed by atoms with Crippen molar-refractivity contribution in [1.29, 1.82) is 0 Å². The van der Waals surface area contributed by atoms with Gasteiger partial charge in [-0.25, -0.2) is 4.99 Å². The van der Waals surface area contributed by atoms with E-state index in [-0.39, 0.29) is 0 Å². The molecule has 2 heterocycles. The van der Waals surface area contributed by atoms with Gasteiger partial charge >= 0.3 is 0 Å². The molecule has 0 aliphatic carbocycles. The first kappa shape index (κ1) is 4.44. The van der Waals surface area contributed by atoms with Gasteiger partial charge in [0, 0.05) is 6.20 Å². The third-order valence-electron chi connectivity index (χ3n) is 1.28. The molecule has 42 valence electrons. The second kappa shape index (κ2) is 1.52. The third kappa shape index (κ3) is 0.478. The largest absolute Gasteiger partial charge is 0.316 e. The summed E-state index contributed by atoms with van der Waals surface area (Å²) in [5.41, 5.74) is 0. The van der Waals surface area contributed by atoms with Crippen molar-refractivity contribution < 1.29 is 0 Å². The number of nitrogens with one attached hydrogen (secondary N) is 1.